The molecule has 0 spiro atoms. The van der Waals surface area contributed by atoms with Crippen molar-refractivity contribution in [2.75, 3.05) is 7.11 Å². The molecule has 4 rings (SSSR count). The molecule has 1 aliphatic heterocycles. The first-order chi connectivity index (χ1) is 13.4. The first kappa shape index (κ1) is 18.5. The Morgan fingerprint density at radius 1 is 1.25 bits per heavy atom. The zero-order valence-electron chi connectivity index (χ0n) is 15.3. The van der Waals surface area contributed by atoms with E-state index in [1.54, 1.807) is 17.1 Å². The number of nitrogens with zero attached hydrogens (tertiary/aromatic N) is 3. The van der Waals surface area contributed by atoms with E-state index < -0.39 is 11.7 Å². The summed E-state index contributed by atoms with van der Waals surface area (Å²) in [5.74, 6) is -0.239. The Morgan fingerprint density at radius 2 is 2.07 bits per heavy atom. The predicted octanol–water partition coefficient (Wildman–Crippen LogP) is 4.42. The molecule has 8 heteroatoms. The first-order valence-electron chi connectivity index (χ1n) is 8.77. The number of alkyl halides is 3. The monoisotopic (exact) mass is 389 g/mol. The summed E-state index contributed by atoms with van der Waals surface area (Å²) in [6.07, 6.45) is -0.520. The minimum absolute atomic E-state index is 0.0129. The van der Waals surface area contributed by atoms with Gasteiger partial charge in [-0.15, -0.1) is 0 Å². The number of hydrogen-bond donors (Lipinski definition) is 0. The SMILES string of the molecule is COc1cc(-n2nc(-c3cccnc3)c3c2CC(C)OC3)ccc1C(F)(F)F. The van der Waals surface area contributed by atoms with E-state index in [1.807, 2.05) is 19.1 Å². The first-order valence-corrected chi connectivity index (χ1v) is 8.77. The number of halogens is 3. The van der Waals surface area contributed by atoms with Crippen LogP contribution in [0.3, 0.4) is 0 Å². The predicted molar refractivity (Wildman–Crippen MR) is 96.3 cm³/mol. The lowest BCUT2D eigenvalue weighted by Crippen LogP contribution is -2.21. The summed E-state index contributed by atoms with van der Waals surface area (Å²) in [6, 6.07) is 7.50. The van der Waals surface area contributed by atoms with Gasteiger partial charge in [-0.05, 0) is 31.2 Å². The second kappa shape index (κ2) is 6.94. The van der Waals surface area contributed by atoms with Crippen LogP contribution in [0.25, 0.3) is 16.9 Å². The Kier molecular flexibility index (Phi) is 4.58. The van der Waals surface area contributed by atoms with Crippen LogP contribution in [-0.4, -0.2) is 28.0 Å². The van der Waals surface area contributed by atoms with E-state index in [9.17, 15) is 13.2 Å². The molecule has 3 aromatic rings. The smallest absolute Gasteiger partial charge is 0.419 e. The van der Waals surface area contributed by atoms with Gasteiger partial charge in [0.1, 0.15) is 11.4 Å². The standard InChI is InChI=1S/C20H18F3N3O2/c1-12-8-17-15(11-28-12)19(13-4-3-7-24-10-13)25-26(17)14-5-6-16(20(21,22)23)18(9-14)27-2/h3-7,9-10,12H,8,11H2,1-2H3. The van der Waals surface area contributed by atoms with Crippen LogP contribution in [0.2, 0.25) is 0 Å². The van der Waals surface area contributed by atoms with E-state index in [-0.39, 0.29) is 11.9 Å². The van der Waals surface area contributed by atoms with Gasteiger partial charge in [-0.1, -0.05) is 0 Å². The molecule has 1 aromatic carbocycles. The summed E-state index contributed by atoms with van der Waals surface area (Å²) >= 11 is 0. The molecule has 1 unspecified atom stereocenters. The van der Waals surface area contributed by atoms with Crippen molar-refractivity contribution in [3.63, 3.8) is 0 Å². The van der Waals surface area contributed by atoms with Gasteiger partial charge >= 0.3 is 6.18 Å². The molecule has 28 heavy (non-hydrogen) atoms. The van der Waals surface area contributed by atoms with Crippen LogP contribution in [0.5, 0.6) is 5.75 Å². The molecule has 0 saturated heterocycles. The third-order valence-electron chi connectivity index (χ3n) is 4.75. The minimum Gasteiger partial charge on any atom is -0.496 e. The van der Waals surface area contributed by atoms with Crippen LogP contribution in [0.15, 0.2) is 42.7 Å². The highest BCUT2D eigenvalue weighted by molar-refractivity contribution is 5.64. The van der Waals surface area contributed by atoms with Crippen LogP contribution >= 0.6 is 0 Å². The van der Waals surface area contributed by atoms with Gasteiger partial charge in [0, 0.05) is 36.0 Å². The number of pyridine rings is 1. The summed E-state index contributed by atoms with van der Waals surface area (Å²) in [6.45, 7) is 2.34. The topological polar surface area (TPSA) is 49.2 Å². The number of hydrogen-bond acceptors (Lipinski definition) is 4. The normalized spacial score (nSPS) is 16.7. The van der Waals surface area contributed by atoms with Gasteiger partial charge in [0.2, 0.25) is 0 Å². The Balaban J connectivity index is 1.88. The molecule has 0 bridgehead atoms. The van der Waals surface area contributed by atoms with Crippen molar-refractivity contribution in [3.05, 3.63) is 59.5 Å². The second-order valence-corrected chi connectivity index (χ2v) is 6.64. The maximum atomic E-state index is 13.2. The minimum atomic E-state index is -4.49. The molecule has 0 saturated carbocycles. The van der Waals surface area contributed by atoms with Gasteiger partial charge in [0.25, 0.3) is 0 Å². The van der Waals surface area contributed by atoms with Gasteiger partial charge in [-0.2, -0.15) is 18.3 Å². The fraction of sp³-hybridized carbons (Fsp3) is 0.300. The van der Waals surface area contributed by atoms with Gasteiger partial charge in [0.05, 0.1) is 36.8 Å². The number of ether oxygens (including phenoxy) is 2. The summed E-state index contributed by atoms with van der Waals surface area (Å²) in [5.41, 5.74) is 3.07. The van der Waals surface area contributed by atoms with E-state index in [1.165, 1.54) is 19.2 Å². The highest BCUT2D eigenvalue weighted by atomic mass is 19.4. The highest BCUT2D eigenvalue weighted by Gasteiger charge is 2.35. The van der Waals surface area contributed by atoms with Crippen molar-refractivity contribution < 1.29 is 22.6 Å². The molecule has 2 aromatic heterocycles. The maximum absolute atomic E-state index is 13.2. The van der Waals surface area contributed by atoms with Crippen molar-refractivity contribution >= 4 is 0 Å². The quantitative estimate of drug-likeness (QED) is 0.665. The highest BCUT2D eigenvalue weighted by Crippen LogP contribution is 2.38. The van der Waals surface area contributed by atoms with Crippen molar-refractivity contribution in [1.29, 1.82) is 0 Å². The lowest BCUT2D eigenvalue weighted by molar-refractivity contribution is -0.138. The summed E-state index contributed by atoms with van der Waals surface area (Å²) in [5, 5.41) is 4.69. The zero-order chi connectivity index (χ0) is 19.9. The summed E-state index contributed by atoms with van der Waals surface area (Å²) < 4.78 is 52.0. The van der Waals surface area contributed by atoms with E-state index in [0.29, 0.717) is 24.4 Å². The molecule has 0 N–H and O–H groups in total. The van der Waals surface area contributed by atoms with Crippen LogP contribution < -0.4 is 4.74 Å². The van der Waals surface area contributed by atoms with Gasteiger partial charge < -0.3 is 9.47 Å². The average Bonchev–Trinajstić information content (AvgIpc) is 3.06. The second-order valence-electron chi connectivity index (χ2n) is 6.64. The van der Waals surface area contributed by atoms with Gasteiger partial charge in [0.15, 0.2) is 0 Å². The van der Waals surface area contributed by atoms with Gasteiger partial charge in [-0.25, -0.2) is 4.68 Å². The average molecular weight is 389 g/mol. The maximum Gasteiger partial charge on any atom is 0.419 e. The molecule has 1 aliphatic rings. The van der Waals surface area contributed by atoms with E-state index in [2.05, 4.69) is 4.98 Å². The van der Waals surface area contributed by atoms with Crippen LogP contribution in [0.1, 0.15) is 23.7 Å². The largest absolute Gasteiger partial charge is 0.496 e. The third-order valence-corrected chi connectivity index (χ3v) is 4.75. The molecule has 0 aliphatic carbocycles. The number of benzene rings is 1. The molecule has 0 amide bonds. The number of methoxy groups -OCH3 is 1. The van der Waals surface area contributed by atoms with Crippen molar-refractivity contribution in [3.8, 4) is 22.7 Å². The van der Waals surface area contributed by atoms with Crippen molar-refractivity contribution in [2.24, 2.45) is 0 Å². The van der Waals surface area contributed by atoms with Crippen molar-refractivity contribution in [2.45, 2.75) is 32.2 Å². The summed E-state index contributed by atoms with van der Waals surface area (Å²) in [4.78, 5) is 4.14. The van der Waals surface area contributed by atoms with Crippen molar-refractivity contribution in [1.82, 2.24) is 14.8 Å². The van der Waals surface area contributed by atoms with Crippen LogP contribution in [-0.2, 0) is 23.9 Å². The number of fused-ring (bicyclic) bond motifs is 1. The number of aromatic nitrogens is 3. The Morgan fingerprint density at radius 3 is 2.75 bits per heavy atom. The lowest BCUT2D eigenvalue weighted by Gasteiger charge is -2.21. The van der Waals surface area contributed by atoms with Crippen LogP contribution in [0.4, 0.5) is 13.2 Å². The molecule has 0 radical (unpaired) electrons. The van der Waals surface area contributed by atoms with Gasteiger partial charge in [-0.3, -0.25) is 4.98 Å². The van der Waals surface area contributed by atoms with E-state index in [0.717, 1.165) is 22.9 Å². The molecular formula is C20H18F3N3O2. The lowest BCUT2D eigenvalue weighted by atomic mass is 10.0. The number of rotatable bonds is 3. The Labute approximate surface area is 159 Å². The fourth-order valence-corrected chi connectivity index (χ4v) is 3.40. The van der Waals surface area contributed by atoms with E-state index >= 15 is 0 Å². The molecule has 1 atom stereocenters. The third kappa shape index (κ3) is 3.24. The molecule has 5 nitrogen and oxygen atoms in total. The Hall–Kier alpha value is -2.87. The molecular weight excluding hydrogens is 371 g/mol. The molecule has 3 heterocycles. The zero-order valence-corrected chi connectivity index (χ0v) is 15.3. The van der Waals surface area contributed by atoms with E-state index in [4.69, 9.17) is 14.6 Å². The molecule has 0 fully saturated rings. The summed E-state index contributed by atoms with van der Waals surface area (Å²) in [7, 11) is 1.23. The Bertz CT molecular complexity index is 1000. The molecule has 146 valence electrons. The van der Waals surface area contributed by atoms with Crippen LogP contribution in [0, 0.1) is 0 Å². The fourth-order valence-electron chi connectivity index (χ4n) is 3.40.